The van der Waals surface area contributed by atoms with Crippen molar-refractivity contribution in [2.45, 2.75) is 25.4 Å². The fraction of sp³-hybridized carbons (Fsp3) is 0.188. The second kappa shape index (κ2) is 10.5. The number of likely N-dealkylation sites (tertiary alicyclic amines) is 1. The number of pyridine rings is 1. The van der Waals surface area contributed by atoms with Gasteiger partial charge in [-0.1, -0.05) is 48.5 Å². The van der Waals surface area contributed by atoms with Crippen LogP contribution in [0.3, 0.4) is 0 Å². The summed E-state index contributed by atoms with van der Waals surface area (Å²) in [5.41, 5.74) is 7.06. The van der Waals surface area contributed by atoms with Crippen LogP contribution in [0.4, 0.5) is 9.18 Å². The normalized spacial score (nSPS) is 14.1. The molecule has 1 N–H and O–H groups in total. The number of amides is 1. The molecule has 2 aromatic heterocycles. The first-order valence-corrected chi connectivity index (χ1v) is 12.9. The summed E-state index contributed by atoms with van der Waals surface area (Å²) in [5, 5.41) is 1.07. The molecule has 0 unspecified atom stereocenters. The Morgan fingerprint density at radius 1 is 0.921 bits per heavy atom. The van der Waals surface area contributed by atoms with E-state index in [0.717, 1.165) is 57.4 Å². The van der Waals surface area contributed by atoms with Crippen LogP contribution < -0.4 is 0 Å². The highest BCUT2D eigenvalue weighted by atomic mass is 19.1. The molecule has 5 aromatic rings. The van der Waals surface area contributed by atoms with Gasteiger partial charge in [0.15, 0.2) is 0 Å². The molecule has 3 aromatic carbocycles. The number of benzene rings is 3. The summed E-state index contributed by atoms with van der Waals surface area (Å²) in [6, 6.07) is 28.7. The maximum atomic E-state index is 13.7. The second-order valence-corrected chi connectivity index (χ2v) is 9.70. The molecule has 0 spiro atoms. The van der Waals surface area contributed by atoms with E-state index in [1.807, 2.05) is 72.9 Å². The zero-order valence-electron chi connectivity index (χ0n) is 20.9. The van der Waals surface area contributed by atoms with Gasteiger partial charge >= 0.3 is 6.09 Å². The van der Waals surface area contributed by atoms with Crippen molar-refractivity contribution in [1.29, 1.82) is 0 Å². The molecule has 0 bridgehead atoms. The van der Waals surface area contributed by atoms with E-state index in [1.54, 1.807) is 4.90 Å². The highest BCUT2D eigenvalue weighted by molar-refractivity contribution is 5.98. The van der Waals surface area contributed by atoms with Crippen molar-refractivity contribution in [3.63, 3.8) is 0 Å². The molecule has 0 radical (unpaired) electrons. The Labute approximate surface area is 220 Å². The Bertz CT molecular complexity index is 1550. The molecule has 1 saturated heterocycles. The smallest absolute Gasteiger partial charge is 0.410 e. The Kier molecular flexibility index (Phi) is 6.61. The minimum atomic E-state index is -0.269. The number of aromatic amines is 1. The first-order valence-electron chi connectivity index (χ1n) is 12.9. The summed E-state index contributed by atoms with van der Waals surface area (Å²) in [5.74, 6) is 0.0113. The summed E-state index contributed by atoms with van der Waals surface area (Å²) in [6.07, 6.45) is 3.23. The fourth-order valence-corrected chi connectivity index (χ4v) is 5.27. The monoisotopic (exact) mass is 505 g/mol. The number of carbonyl (C=O) groups is 1. The van der Waals surface area contributed by atoms with Gasteiger partial charge < -0.3 is 14.6 Å². The third-order valence-electron chi connectivity index (χ3n) is 7.31. The lowest BCUT2D eigenvalue weighted by Gasteiger charge is -2.31. The first-order chi connectivity index (χ1) is 18.7. The topological polar surface area (TPSA) is 58.2 Å². The van der Waals surface area contributed by atoms with Crippen LogP contribution in [0.25, 0.3) is 33.3 Å². The van der Waals surface area contributed by atoms with Crippen LogP contribution in [0.15, 0.2) is 97.2 Å². The summed E-state index contributed by atoms with van der Waals surface area (Å²) >= 11 is 0. The van der Waals surface area contributed by atoms with Gasteiger partial charge in [0.25, 0.3) is 0 Å². The molecule has 5 nitrogen and oxygen atoms in total. The van der Waals surface area contributed by atoms with Gasteiger partial charge in [0, 0.05) is 41.8 Å². The van der Waals surface area contributed by atoms with Crippen molar-refractivity contribution in [3.05, 3.63) is 114 Å². The number of nitrogens with one attached hydrogen (secondary N) is 1. The van der Waals surface area contributed by atoms with Crippen LogP contribution in [0.2, 0.25) is 0 Å². The van der Waals surface area contributed by atoms with E-state index in [9.17, 15) is 9.18 Å². The lowest BCUT2D eigenvalue weighted by atomic mass is 9.92. The molecular formula is C32H28FN3O2. The summed E-state index contributed by atoms with van der Waals surface area (Å²) in [7, 11) is 0. The average molecular weight is 506 g/mol. The lowest BCUT2D eigenvalue weighted by molar-refractivity contribution is 0.0868. The number of nitrogens with zero attached hydrogens (tertiary/aromatic N) is 2. The Morgan fingerprint density at radius 3 is 2.45 bits per heavy atom. The van der Waals surface area contributed by atoms with E-state index in [4.69, 9.17) is 4.74 Å². The number of fused-ring (bicyclic) bond motifs is 1. The molecular weight excluding hydrogens is 477 g/mol. The summed E-state index contributed by atoms with van der Waals surface area (Å²) in [4.78, 5) is 22.6. The minimum Gasteiger partial charge on any atom is -0.445 e. The summed E-state index contributed by atoms with van der Waals surface area (Å²) in [6.45, 7) is 1.55. The molecule has 1 aliphatic rings. The van der Waals surface area contributed by atoms with Crippen molar-refractivity contribution in [1.82, 2.24) is 14.9 Å². The van der Waals surface area contributed by atoms with Crippen LogP contribution in [0.5, 0.6) is 0 Å². The molecule has 1 fully saturated rings. The van der Waals surface area contributed by atoms with Crippen molar-refractivity contribution >= 4 is 17.0 Å². The largest absolute Gasteiger partial charge is 0.445 e. The number of aromatic nitrogens is 2. The number of piperidine rings is 1. The Morgan fingerprint density at radius 2 is 1.66 bits per heavy atom. The third kappa shape index (κ3) is 4.90. The Balaban J connectivity index is 1.25. The Hall–Kier alpha value is -4.45. The van der Waals surface area contributed by atoms with Gasteiger partial charge in [-0.05, 0) is 72.0 Å². The van der Waals surface area contributed by atoms with Crippen LogP contribution in [0, 0.1) is 5.82 Å². The van der Waals surface area contributed by atoms with Gasteiger partial charge in [0.05, 0.1) is 11.2 Å². The molecule has 0 aliphatic carbocycles. The lowest BCUT2D eigenvalue weighted by Crippen LogP contribution is -2.38. The number of hydrogen-bond donors (Lipinski definition) is 1. The number of hydrogen-bond acceptors (Lipinski definition) is 3. The molecule has 1 aliphatic heterocycles. The van der Waals surface area contributed by atoms with Crippen LogP contribution in [-0.4, -0.2) is 34.1 Å². The van der Waals surface area contributed by atoms with Crippen LogP contribution in [-0.2, 0) is 11.3 Å². The third-order valence-corrected chi connectivity index (χ3v) is 7.31. The van der Waals surface area contributed by atoms with Crippen molar-refractivity contribution in [2.24, 2.45) is 0 Å². The molecule has 38 heavy (non-hydrogen) atoms. The predicted molar refractivity (Wildman–Crippen MR) is 147 cm³/mol. The van der Waals surface area contributed by atoms with Gasteiger partial charge in [-0.3, -0.25) is 4.98 Å². The van der Waals surface area contributed by atoms with E-state index in [0.29, 0.717) is 13.1 Å². The number of H-pyrrole nitrogens is 1. The molecule has 0 atom stereocenters. The van der Waals surface area contributed by atoms with Crippen molar-refractivity contribution < 1.29 is 13.9 Å². The van der Waals surface area contributed by atoms with E-state index < -0.39 is 0 Å². The molecule has 6 heteroatoms. The van der Waals surface area contributed by atoms with E-state index >= 15 is 0 Å². The van der Waals surface area contributed by atoms with E-state index in [2.05, 4.69) is 22.1 Å². The number of rotatable bonds is 5. The molecule has 1 amide bonds. The minimum absolute atomic E-state index is 0.261. The number of halogens is 1. The molecule has 3 heterocycles. The van der Waals surface area contributed by atoms with Gasteiger partial charge in [-0.2, -0.15) is 0 Å². The highest BCUT2D eigenvalue weighted by Gasteiger charge is 2.27. The van der Waals surface area contributed by atoms with E-state index in [1.165, 1.54) is 12.1 Å². The van der Waals surface area contributed by atoms with Gasteiger partial charge in [0.1, 0.15) is 12.4 Å². The first kappa shape index (κ1) is 23.9. The van der Waals surface area contributed by atoms with Crippen molar-refractivity contribution in [2.75, 3.05) is 13.1 Å². The van der Waals surface area contributed by atoms with Crippen molar-refractivity contribution in [3.8, 4) is 22.4 Å². The van der Waals surface area contributed by atoms with Gasteiger partial charge in [-0.15, -0.1) is 0 Å². The number of para-hydroxylation sites is 1. The zero-order chi connectivity index (χ0) is 25.9. The number of ether oxygens (including phenoxy) is 1. The summed E-state index contributed by atoms with van der Waals surface area (Å²) < 4.78 is 19.3. The van der Waals surface area contributed by atoms with E-state index in [-0.39, 0.29) is 24.4 Å². The molecule has 190 valence electrons. The maximum absolute atomic E-state index is 13.7. The molecule has 0 saturated carbocycles. The van der Waals surface area contributed by atoms with Crippen LogP contribution >= 0.6 is 0 Å². The van der Waals surface area contributed by atoms with Gasteiger partial charge in [0.2, 0.25) is 0 Å². The second-order valence-electron chi connectivity index (χ2n) is 9.70. The average Bonchev–Trinajstić information content (AvgIpc) is 3.42. The predicted octanol–water partition coefficient (Wildman–Crippen LogP) is 7.55. The molecule has 6 rings (SSSR count). The quantitative estimate of drug-likeness (QED) is 0.268. The SMILES string of the molecule is O=C(OCc1ccccc1)N1CCC(c2cc(-c3ccnc4ccccc34)c(-c3ccc(F)cc3)[nH]2)CC1. The fourth-order valence-electron chi connectivity index (χ4n) is 5.27. The standard InChI is InChI=1S/C32H28FN3O2/c33-25-12-10-24(11-13-25)31-28(26-14-17-34-29-9-5-4-8-27(26)29)20-30(35-31)23-15-18-36(19-16-23)32(37)38-21-22-6-2-1-3-7-22/h1-14,17,20,23,35H,15-16,18-19,21H2. The van der Waals surface area contributed by atoms with Gasteiger partial charge in [-0.25, -0.2) is 9.18 Å². The van der Waals surface area contributed by atoms with Crippen LogP contribution in [0.1, 0.15) is 30.0 Å². The highest BCUT2D eigenvalue weighted by Crippen LogP contribution is 2.39. The maximum Gasteiger partial charge on any atom is 0.410 e. The zero-order valence-corrected chi connectivity index (χ0v) is 20.9. The number of carbonyl (C=O) groups excluding carboxylic acids is 1.